The minimum Gasteiger partial charge on any atom is -0.347 e. The van der Waals surface area contributed by atoms with Gasteiger partial charge in [-0.3, -0.25) is 14.5 Å². The molecular formula is C23H25N3O2. The fourth-order valence-electron chi connectivity index (χ4n) is 5.28. The van der Waals surface area contributed by atoms with Gasteiger partial charge in [0.2, 0.25) is 0 Å². The van der Waals surface area contributed by atoms with Crippen molar-refractivity contribution in [2.45, 2.75) is 25.8 Å². The lowest BCUT2D eigenvalue weighted by molar-refractivity contribution is 0.0818. The second-order valence-corrected chi connectivity index (χ2v) is 8.35. The number of aromatic nitrogens is 2. The fraction of sp³-hybridized carbons (Fsp3) is 0.391. The average Bonchev–Trinajstić information content (AvgIpc) is 2.94. The maximum Gasteiger partial charge on any atom is 0.250 e. The van der Waals surface area contributed by atoms with Crippen molar-refractivity contribution in [2.75, 3.05) is 19.6 Å². The van der Waals surface area contributed by atoms with Gasteiger partial charge in [0.15, 0.2) is 5.78 Å². The molecular weight excluding hydrogens is 350 g/mol. The topological polar surface area (TPSA) is 47.2 Å². The molecule has 28 heavy (non-hydrogen) atoms. The predicted octanol–water partition coefficient (Wildman–Crippen LogP) is 2.95. The van der Waals surface area contributed by atoms with Crippen LogP contribution < -0.4 is 5.56 Å². The number of rotatable bonds is 3. The highest BCUT2D eigenvalue weighted by Gasteiger charge is 2.35. The van der Waals surface area contributed by atoms with Gasteiger partial charge in [-0.15, -0.1) is 0 Å². The summed E-state index contributed by atoms with van der Waals surface area (Å²) in [6, 6.07) is 13.7. The average molecular weight is 375 g/mol. The Bertz CT molecular complexity index is 1140. The number of aryl methyl sites for hydroxylation is 1. The Morgan fingerprint density at radius 2 is 1.89 bits per heavy atom. The van der Waals surface area contributed by atoms with Crippen molar-refractivity contribution in [1.29, 1.82) is 0 Å². The summed E-state index contributed by atoms with van der Waals surface area (Å²) >= 11 is 0. The molecule has 4 heterocycles. The molecule has 2 aromatic heterocycles. The van der Waals surface area contributed by atoms with Gasteiger partial charge in [-0.05, 0) is 31.4 Å². The third kappa shape index (κ3) is 2.65. The van der Waals surface area contributed by atoms with Crippen molar-refractivity contribution in [2.24, 2.45) is 13.0 Å². The Morgan fingerprint density at radius 3 is 2.75 bits per heavy atom. The van der Waals surface area contributed by atoms with Crippen LogP contribution in [-0.4, -0.2) is 39.5 Å². The van der Waals surface area contributed by atoms with Crippen molar-refractivity contribution in [1.82, 2.24) is 14.0 Å². The van der Waals surface area contributed by atoms with Gasteiger partial charge < -0.3 is 9.13 Å². The molecule has 5 heteroatoms. The Balaban J connectivity index is 1.42. The van der Waals surface area contributed by atoms with Crippen molar-refractivity contribution in [3.8, 4) is 0 Å². The van der Waals surface area contributed by atoms with Gasteiger partial charge >= 0.3 is 0 Å². The molecule has 3 aromatic rings. The van der Waals surface area contributed by atoms with Crippen molar-refractivity contribution < 1.29 is 4.79 Å². The Morgan fingerprint density at radius 1 is 1.07 bits per heavy atom. The van der Waals surface area contributed by atoms with Crippen molar-refractivity contribution in [3.05, 3.63) is 69.8 Å². The zero-order chi connectivity index (χ0) is 19.4. The van der Waals surface area contributed by atoms with Crippen LogP contribution in [0.3, 0.4) is 0 Å². The fourth-order valence-corrected chi connectivity index (χ4v) is 5.28. The van der Waals surface area contributed by atoms with E-state index in [0.29, 0.717) is 18.4 Å². The smallest absolute Gasteiger partial charge is 0.250 e. The molecule has 0 aliphatic carbocycles. The van der Waals surface area contributed by atoms with E-state index in [1.165, 1.54) is 0 Å². The molecule has 0 saturated carbocycles. The minimum atomic E-state index is 0.100. The first-order chi connectivity index (χ1) is 13.5. The number of carbonyl (C=O) groups excluding carboxylic acids is 1. The number of para-hydroxylation sites is 1. The van der Waals surface area contributed by atoms with Crippen LogP contribution in [0.4, 0.5) is 0 Å². The highest BCUT2D eigenvalue weighted by Crippen LogP contribution is 2.35. The number of carbonyl (C=O) groups is 1. The summed E-state index contributed by atoms with van der Waals surface area (Å²) < 4.78 is 4.04. The minimum absolute atomic E-state index is 0.100. The lowest BCUT2D eigenvalue weighted by Crippen LogP contribution is -2.48. The molecule has 1 unspecified atom stereocenters. The lowest BCUT2D eigenvalue weighted by atomic mass is 9.83. The van der Waals surface area contributed by atoms with E-state index in [-0.39, 0.29) is 11.3 Å². The third-order valence-corrected chi connectivity index (χ3v) is 6.60. The van der Waals surface area contributed by atoms with Gasteiger partial charge in [0, 0.05) is 66.5 Å². The van der Waals surface area contributed by atoms with Gasteiger partial charge in [0.05, 0.1) is 6.54 Å². The summed E-state index contributed by atoms with van der Waals surface area (Å²) in [5, 5.41) is 1.04. The van der Waals surface area contributed by atoms with Crippen LogP contribution >= 0.6 is 0 Å². The molecule has 2 atom stereocenters. The summed E-state index contributed by atoms with van der Waals surface area (Å²) in [5.74, 6) is 0.968. The van der Waals surface area contributed by atoms with E-state index in [0.717, 1.165) is 53.9 Å². The Hall–Kier alpha value is -2.66. The van der Waals surface area contributed by atoms with Crippen LogP contribution in [-0.2, 0) is 13.6 Å². The van der Waals surface area contributed by atoms with Gasteiger partial charge in [-0.25, -0.2) is 0 Å². The molecule has 2 bridgehead atoms. The Labute approximate surface area is 164 Å². The van der Waals surface area contributed by atoms with Crippen LogP contribution in [0, 0.1) is 12.8 Å². The number of likely N-dealkylation sites (tertiary alicyclic amines) is 1. The second kappa shape index (κ2) is 6.45. The summed E-state index contributed by atoms with van der Waals surface area (Å²) in [7, 11) is 2.02. The van der Waals surface area contributed by atoms with E-state index in [4.69, 9.17) is 0 Å². The maximum absolute atomic E-state index is 13.3. The molecule has 1 saturated heterocycles. The molecule has 0 amide bonds. The summed E-state index contributed by atoms with van der Waals surface area (Å²) in [5.41, 5.74) is 4.21. The van der Waals surface area contributed by atoms with E-state index < -0.39 is 0 Å². The van der Waals surface area contributed by atoms with Crippen molar-refractivity contribution >= 4 is 16.7 Å². The standard InChI is InChI=1S/C23H25N3O2/c1-15-23(18-6-3-4-7-20(18)24(15)2)21(27)14-25-11-16-10-17(13-25)19-8-5-9-22(28)26(19)12-16/h3-9,16-17H,10-14H2,1-2H3/t16-,17?/m1/s1. The molecule has 0 N–H and O–H groups in total. The van der Waals surface area contributed by atoms with E-state index in [9.17, 15) is 9.59 Å². The molecule has 5 rings (SSSR count). The molecule has 1 fully saturated rings. The number of hydrogen-bond donors (Lipinski definition) is 0. The van der Waals surface area contributed by atoms with Crippen LogP contribution in [0.2, 0.25) is 0 Å². The van der Waals surface area contributed by atoms with E-state index in [1.807, 2.05) is 42.8 Å². The van der Waals surface area contributed by atoms with Crippen LogP contribution in [0.5, 0.6) is 0 Å². The van der Waals surface area contributed by atoms with Crippen LogP contribution in [0.15, 0.2) is 47.3 Å². The summed E-state index contributed by atoms with van der Waals surface area (Å²) in [6.45, 7) is 4.96. The summed E-state index contributed by atoms with van der Waals surface area (Å²) in [4.78, 5) is 27.8. The maximum atomic E-state index is 13.3. The molecule has 144 valence electrons. The highest BCUT2D eigenvalue weighted by atomic mass is 16.1. The van der Waals surface area contributed by atoms with Gasteiger partial charge in [-0.2, -0.15) is 0 Å². The number of benzene rings is 1. The normalized spacial score (nSPS) is 21.6. The number of fused-ring (bicyclic) bond motifs is 5. The summed E-state index contributed by atoms with van der Waals surface area (Å²) in [6.07, 6.45) is 1.11. The number of ketones is 1. The van der Waals surface area contributed by atoms with E-state index in [1.54, 1.807) is 6.07 Å². The third-order valence-electron chi connectivity index (χ3n) is 6.60. The molecule has 5 nitrogen and oxygen atoms in total. The zero-order valence-electron chi connectivity index (χ0n) is 16.4. The van der Waals surface area contributed by atoms with Crippen LogP contribution in [0.25, 0.3) is 10.9 Å². The van der Waals surface area contributed by atoms with Gasteiger partial charge in [0.1, 0.15) is 0 Å². The van der Waals surface area contributed by atoms with Crippen LogP contribution in [0.1, 0.15) is 34.1 Å². The van der Waals surface area contributed by atoms with E-state index >= 15 is 0 Å². The first kappa shape index (κ1) is 17.4. The predicted molar refractivity (Wildman–Crippen MR) is 110 cm³/mol. The molecule has 2 aliphatic rings. The molecule has 1 aromatic carbocycles. The van der Waals surface area contributed by atoms with Crippen molar-refractivity contribution in [3.63, 3.8) is 0 Å². The molecule has 2 aliphatic heterocycles. The highest BCUT2D eigenvalue weighted by molar-refractivity contribution is 6.10. The number of nitrogens with zero attached hydrogens (tertiary/aromatic N) is 3. The zero-order valence-corrected chi connectivity index (χ0v) is 16.4. The SMILES string of the molecule is Cc1c(C(=O)CN2CC3C[C@H](C2)Cn2c3cccc2=O)c2ccccc2n1C. The van der Waals surface area contributed by atoms with E-state index in [2.05, 4.69) is 21.6 Å². The number of piperidine rings is 1. The second-order valence-electron chi connectivity index (χ2n) is 8.35. The molecule has 0 spiro atoms. The Kier molecular flexibility index (Phi) is 4.02. The molecule has 0 radical (unpaired) electrons. The van der Waals surface area contributed by atoms with Gasteiger partial charge in [-0.1, -0.05) is 24.3 Å². The largest absolute Gasteiger partial charge is 0.347 e. The monoisotopic (exact) mass is 375 g/mol. The first-order valence-corrected chi connectivity index (χ1v) is 10.0. The number of pyridine rings is 1. The number of Topliss-reactive ketones (excluding diaryl/α,β-unsaturated/α-hetero) is 1. The van der Waals surface area contributed by atoms with Gasteiger partial charge in [0.25, 0.3) is 5.56 Å². The number of hydrogen-bond acceptors (Lipinski definition) is 3. The quantitative estimate of drug-likeness (QED) is 0.662. The first-order valence-electron chi connectivity index (χ1n) is 10.0. The lowest BCUT2D eigenvalue weighted by Gasteiger charge is -2.42.